The molecule has 0 heterocycles. The molecule has 0 aromatic rings. The highest BCUT2D eigenvalue weighted by Gasteiger charge is 2.36. The number of nitrogens with zero attached hydrogens (tertiary/aromatic N) is 1. The van der Waals surface area contributed by atoms with Crippen LogP contribution >= 0.6 is 0 Å². The summed E-state index contributed by atoms with van der Waals surface area (Å²) in [5, 5.41) is 9.56. The molecule has 0 bridgehead atoms. The fraction of sp³-hybridized carbons (Fsp3) is 0.850. The normalized spacial score (nSPS) is 37.5. The highest BCUT2D eigenvalue weighted by molar-refractivity contribution is 5.14. The molecule has 0 amide bonds. The first-order valence-electron chi connectivity index (χ1n) is 9.32. The Hall–Kier alpha value is -0.770. The molecule has 1 nitrogen and oxygen atoms in total. The van der Waals surface area contributed by atoms with Crippen LogP contribution in [0.3, 0.4) is 0 Å². The second-order valence-electron chi connectivity index (χ2n) is 7.49. The molecule has 0 N–H and O–H groups in total. The summed E-state index contributed by atoms with van der Waals surface area (Å²) in [6, 6.07) is 2.61. The van der Waals surface area contributed by atoms with Crippen molar-refractivity contribution in [2.45, 2.75) is 84.5 Å². The average molecular weight is 287 g/mol. The third-order valence-corrected chi connectivity index (χ3v) is 6.07. The van der Waals surface area contributed by atoms with Crippen molar-refractivity contribution < 1.29 is 0 Å². The predicted molar refractivity (Wildman–Crippen MR) is 89.8 cm³/mol. The van der Waals surface area contributed by atoms with Crippen molar-refractivity contribution in [1.29, 1.82) is 5.26 Å². The van der Waals surface area contributed by atoms with Crippen molar-refractivity contribution >= 4 is 0 Å². The highest BCUT2D eigenvalue weighted by Crippen LogP contribution is 2.46. The lowest BCUT2D eigenvalue weighted by molar-refractivity contribution is 0.137. The number of allylic oxidation sites excluding steroid dienone is 2. The third-order valence-electron chi connectivity index (χ3n) is 6.07. The van der Waals surface area contributed by atoms with Crippen LogP contribution < -0.4 is 0 Å². The molecule has 2 rings (SSSR count). The molecule has 0 spiro atoms. The summed E-state index contributed by atoms with van der Waals surface area (Å²) in [5.41, 5.74) is -0.133. The summed E-state index contributed by atoms with van der Waals surface area (Å²) in [6.07, 6.45) is 18.9. The molecule has 1 heteroatoms. The van der Waals surface area contributed by atoms with Gasteiger partial charge < -0.3 is 0 Å². The van der Waals surface area contributed by atoms with E-state index in [0.717, 1.165) is 37.0 Å². The van der Waals surface area contributed by atoms with Gasteiger partial charge in [-0.2, -0.15) is 5.26 Å². The number of nitriles is 1. The summed E-state index contributed by atoms with van der Waals surface area (Å²) in [5.74, 6) is 2.88. The topological polar surface area (TPSA) is 23.8 Å². The fourth-order valence-corrected chi connectivity index (χ4v) is 4.64. The van der Waals surface area contributed by atoms with E-state index in [2.05, 4.69) is 32.1 Å². The minimum Gasteiger partial charge on any atom is -0.197 e. The zero-order valence-corrected chi connectivity index (χ0v) is 14.1. The molecule has 0 aromatic carbocycles. The lowest BCUT2D eigenvalue weighted by Gasteiger charge is -2.39. The molecule has 0 atom stereocenters. The number of hydrogen-bond donors (Lipinski definition) is 0. The van der Waals surface area contributed by atoms with E-state index in [1.807, 2.05) is 0 Å². The first kappa shape index (κ1) is 16.6. The Morgan fingerprint density at radius 2 is 1.62 bits per heavy atom. The van der Waals surface area contributed by atoms with Gasteiger partial charge in [-0.25, -0.2) is 0 Å². The van der Waals surface area contributed by atoms with Crippen LogP contribution in [0.15, 0.2) is 12.2 Å². The summed E-state index contributed by atoms with van der Waals surface area (Å²) < 4.78 is 0. The highest BCUT2D eigenvalue weighted by atomic mass is 14.4. The summed E-state index contributed by atoms with van der Waals surface area (Å²) in [7, 11) is 0. The third kappa shape index (κ3) is 4.35. The van der Waals surface area contributed by atoms with Crippen LogP contribution in [0.1, 0.15) is 84.5 Å². The van der Waals surface area contributed by atoms with E-state index < -0.39 is 0 Å². The first-order chi connectivity index (χ1) is 10.2. The summed E-state index contributed by atoms with van der Waals surface area (Å²) in [6.45, 7) is 4.47. The van der Waals surface area contributed by atoms with Crippen LogP contribution in [0.25, 0.3) is 0 Å². The Morgan fingerprint density at radius 3 is 2.14 bits per heavy atom. The van der Waals surface area contributed by atoms with Gasteiger partial charge in [0.15, 0.2) is 0 Å². The maximum absolute atomic E-state index is 9.56. The van der Waals surface area contributed by atoms with E-state index in [4.69, 9.17) is 0 Å². The van der Waals surface area contributed by atoms with E-state index >= 15 is 0 Å². The van der Waals surface area contributed by atoms with Gasteiger partial charge in [-0.1, -0.05) is 51.7 Å². The second kappa shape index (κ2) is 8.02. The Bertz CT molecular complexity index is 360. The van der Waals surface area contributed by atoms with Crippen LogP contribution in [0, 0.1) is 34.5 Å². The molecule has 0 saturated heterocycles. The SMILES string of the molecule is CCC=CC1(C#N)CCC(C2CCC(CCC)CC2)CC1. The van der Waals surface area contributed by atoms with Crippen molar-refractivity contribution in [3.63, 3.8) is 0 Å². The van der Waals surface area contributed by atoms with Gasteiger partial charge in [0.25, 0.3) is 0 Å². The molecule has 2 fully saturated rings. The van der Waals surface area contributed by atoms with Gasteiger partial charge in [-0.15, -0.1) is 0 Å². The van der Waals surface area contributed by atoms with Crippen LogP contribution in [0.4, 0.5) is 0 Å². The van der Waals surface area contributed by atoms with Crippen molar-refractivity contribution in [3.8, 4) is 6.07 Å². The van der Waals surface area contributed by atoms with Crippen LogP contribution in [0.2, 0.25) is 0 Å². The Morgan fingerprint density at radius 1 is 1.00 bits per heavy atom. The molecule has 21 heavy (non-hydrogen) atoms. The molecule has 2 saturated carbocycles. The molecule has 0 aliphatic heterocycles. The maximum atomic E-state index is 9.56. The summed E-state index contributed by atoms with van der Waals surface area (Å²) >= 11 is 0. The molecular formula is C20H33N. The zero-order chi connectivity index (χ0) is 15.1. The average Bonchev–Trinajstić information content (AvgIpc) is 2.55. The number of rotatable bonds is 5. The quantitative estimate of drug-likeness (QED) is 0.547. The fourth-order valence-electron chi connectivity index (χ4n) is 4.64. The van der Waals surface area contributed by atoms with Gasteiger partial charge in [0.05, 0.1) is 11.5 Å². The standard InChI is InChI=1S/C20H33N/c1-3-5-13-20(16-21)14-11-19(12-15-20)18-9-7-17(6-4-2)8-10-18/h5,13,17-19H,3-4,6-12,14-15H2,1-2H3. The molecule has 0 aromatic heterocycles. The van der Waals surface area contributed by atoms with Gasteiger partial charge in [0, 0.05) is 0 Å². The summed E-state index contributed by atoms with van der Waals surface area (Å²) in [4.78, 5) is 0. The lowest BCUT2D eigenvalue weighted by atomic mass is 9.64. The van der Waals surface area contributed by atoms with Crippen LogP contribution in [-0.2, 0) is 0 Å². The van der Waals surface area contributed by atoms with E-state index in [1.165, 1.54) is 51.4 Å². The molecule has 0 unspecified atom stereocenters. The monoisotopic (exact) mass is 287 g/mol. The van der Waals surface area contributed by atoms with Gasteiger partial charge in [-0.3, -0.25) is 0 Å². The van der Waals surface area contributed by atoms with Gasteiger partial charge in [0.2, 0.25) is 0 Å². The maximum Gasteiger partial charge on any atom is 0.0753 e. The Kier molecular flexibility index (Phi) is 6.34. The van der Waals surface area contributed by atoms with E-state index in [9.17, 15) is 5.26 Å². The molecule has 0 radical (unpaired) electrons. The molecule has 118 valence electrons. The van der Waals surface area contributed by atoms with Gasteiger partial charge in [0.1, 0.15) is 0 Å². The molecule has 2 aliphatic carbocycles. The van der Waals surface area contributed by atoms with Crippen molar-refractivity contribution in [1.82, 2.24) is 0 Å². The van der Waals surface area contributed by atoms with Gasteiger partial charge in [-0.05, 0) is 62.7 Å². The van der Waals surface area contributed by atoms with Crippen molar-refractivity contribution in [3.05, 3.63) is 12.2 Å². The van der Waals surface area contributed by atoms with Crippen molar-refractivity contribution in [2.75, 3.05) is 0 Å². The smallest absolute Gasteiger partial charge is 0.0753 e. The van der Waals surface area contributed by atoms with Crippen LogP contribution in [0.5, 0.6) is 0 Å². The minimum absolute atomic E-state index is 0.133. The Labute approximate surface area is 131 Å². The zero-order valence-electron chi connectivity index (χ0n) is 14.1. The van der Waals surface area contributed by atoms with E-state index in [1.54, 1.807) is 0 Å². The van der Waals surface area contributed by atoms with Crippen molar-refractivity contribution in [2.24, 2.45) is 23.2 Å². The predicted octanol–water partition coefficient (Wildman–Crippen LogP) is 6.26. The molecule has 2 aliphatic rings. The number of hydrogen-bond acceptors (Lipinski definition) is 1. The van der Waals surface area contributed by atoms with Gasteiger partial charge >= 0.3 is 0 Å². The van der Waals surface area contributed by atoms with E-state index in [-0.39, 0.29) is 5.41 Å². The van der Waals surface area contributed by atoms with Crippen LogP contribution in [-0.4, -0.2) is 0 Å². The minimum atomic E-state index is -0.133. The lowest BCUT2D eigenvalue weighted by Crippen LogP contribution is -2.30. The molecular weight excluding hydrogens is 254 g/mol. The second-order valence-corrected chi connectivity index (χ2v) is 7.49. The first-order valence-corrected chi connectivity index (χ1v) is 9.32. The Balaban J connectivity index is 1.82. The van der Waals surface area contributed by atoms with E-state index in [0.29, 0.717) is 0 Å². The largest absolute Gasteiger partial charge is 0.197 e.